The third kappa shape index (κ3) is 4.39. The van der Waals surface area contributed by atoms with E-state index in [0.717, 1.165) is 5.56 Å². The maximum Gasteiger partial charge on any atom is 0.391 e. The van der Waals surface area contributed by atoms with Crippen LogP contribution in [0.25, 0.3) is 0 Å². The number of benzene rings is 2. The zero-order chi connectivity index (χ0) is 15.5. The molecule has 1 N–H and O–H groups in total. The Bertz CT molecular complexity index is 596. The Morgan fingerprint density at radius 1 is 1.05 bits per heavy atom. The van der Waals surface area contributed by atoms with Gasteiger partial charge >= 0.3 is 6.18 Å². The molecule has 0 radical (unpaired) electrons. The minimum absolute atomic E-state index is 0.527. The van der Waals surface area contributed by atoms with E-state index in [1.54, 1.807) is 55.5 Å². The molecule has 0 saturated carbocycles. The Labute approximate surface area is 126 Å². The van der Waals surface area contributed by atoms with E-state index in [0.29, 0.717) is 16.3 Å². The molecule has 0 saturated heterocycles. The molecule has 2 rings (SSSR count). The quantitative estimate of drug-likeness (QED) is 0.757. The number of alkyl halides is 3. The number of hydrogen-bond acceptors (Lipinski definition) is 1. The van der Waals surface area contributed by atoms with Crippen molar-refractivity contribution in [3.8, 4) is 0 Å². The molecule has 0 heterocycles. The summed E-state index contributed by atoms with van der Waals surface area (Å²) < 4.78 is 38.4. The van der Waals surface area contributed by atoms with Crippen LogP contribution in [-0.4, -0.2) is 6.18 Å². The van der Waals surface area contributed by atoms with Crippen molar-refractivity contribution in [1.82, 2.24) is 0 Å². The first-order chi connectivity index (χ1) is 9.87. The average Bonchev–Trinajstić information content (AvgIpc) is 2.42. The lowest BCUT2D eigenvalue weighted by Crippen LogP contribution is -2.20. The highest BCUT2D eigenvalue weighted by molar-refractivity contribution is 6.31. The zero-order valence-corrected chi connectivity index (χ0v) is 12.2. The average molecular weight is 314 g/mol. The topological polar surface area (TPSA) is 12.0 Å². The van der Waals surface area contributed by atoms with Gasteiger partial charge in [0.25, 0.3) is 0 Å². The van der Waals surface area contributed by atoms with E-state index in [-0.39, 0.29) is 0 Å². The van der Waals surface area contributed by atoms with Crippen LogP contribution in [0, 0.1) is 6.92 Å². The molecule has 1 nitrogen and oxygen atoms in total. The summed E-state index contributed by atoms with van der Waals surface area (Å²) in [5.74, 6) is 0. The molecule has 2 aromatic carbocycles. The van der Waals surface area contributed by atoms with E-state index in [1.165, 1.54) is 0 Å². The molecule has 0 aliphatic carbocycles. The Kier molecular flexibility index (Phi) is 4.78. The monoisotopic (exact) mass is 313 g/mol. The van der Waals surface area contributed by atoms with E-state index in [4.69, 9.17) is 11.6 Å². The fraction of sp³-hybridized carbons (Fsp3) is 0.250. The second-order valence-corrected chi connectivity index (χ2v) is 5.25. The summed E-state index contributed by atoms with van der Waals surface area (Å²) in [6.45, 7) is 1.78. The van der Waals surface area contributed by atoms with Crippen LogP contribution in [0.4, 0.5) is 18.9 Å². The van der Waals surface area contributed by atoms with Crippen molar-refractivity contribution < 1.29 is 13.2 Å². The first-order valence-electron chi connectivity index (χ1n) is 6.50. The van der Waals surface area contributed by atoms with Gasteiger partial charge in [-0.3, -0.25) is 0 Å². The first kappa shape index (κ1) is 15.7. The fourth-order valence-corrected chi connectivity index (χ4v) is 2.30. The van der Waals surface area contributed by atoms with Crippen LogP contribution >= 0.6 is 11.6 Å². The number of halogens is 4. The minimum Gasteiger partial charge on any atom is -0.378 e. The summed E-state index contributed by atoms with van der Waals surface area (Å²) in [5, 5.41) is 3.48. The second kappa shape index (κ2) is 6.39. The van der Waals surface area contributed by atoms with Crippen molar-refractivity contribution in [2.75, 3.05) is 5.32 Å². The smallest absolute Gasteiger partial charge is 0.378 e. The molecule has 0 aliphatic heterocycles. The Balaban J connectivity index is 2.30. The SMILES string of the molecule is Cc1c(Cl)cccc1NC(CC(F)(F)F)c1ccccc1. The van der Waals surface area contributed by atoms with Crippen molar-refractivity contribution in [2.24, 2.45) is 0 Å². The molecular formula is C16H15ClF3N. The molecule has 2 aromatic rings. The molecule has 0 amide bonds. The van der Waals surface area contributed by atoms with Gasteiger partial charge in [0.2, 0.25) is 0 Å². The number of rotatable bonds is 4. The molecule has 0 aromatic heterocycles. The van der Waals surface area contributed by atoms with Gasteiger partial charge in [0.1, 0.15) is 0 Å². The van der Waals surface area contributed by atoms with Crippen LogP contribution in [0.2, 0.25) is 5.02 Å². The minimum atomic E-state index is -4.25. The maximum atomic E-state index is 12.8. The van der Waals surface area contributed by atoms with Gasteiger partial charge in [0.15, 0.2) is 0 Å². The van der Waals surface area contributed by atoms with Crippen LogP contribution in [0.15, 0.2) is 48.5 Å². The molecular weight excluding hydrogens is 299 g/mol. The van der Waals surface area contributed by atoms with E-state index < -0.39 is 18.6 Å². The van der Waals surface area contributed by atoms with Gasteiger partial charge in [0.05, 0.1) is 12.5 Å². The van der Waals surface area contributed by atoms with Crippen LogP contribution < -0.4 is 5.32 Å². The lowest BCUT2D eigenvalue weighted by atomic mass is 10.0. The van der Waals surface area contributed by atoms with Crippen molar-refractivity contribution >= 4 is 17.3 Å². The number of hydrogen-bond donors (Lipinski definition) is 1. The van der Waals surface area contributed by atoms with Gasteiger partial charge in [-0.1, -0.05) is 48.0 Å². The van der Waals surface area contributed by atoms with Crippen molar-refractivity contribution in [3.63, 3.8) is 0 Å². The van der Waals surface area contributed by atoms with Gasteiger partial charge in [-0.15, -0.1) is 0 Å². The second-order valence-electron chi connectivity index (χ2n) is 4.84. The van der Waals surface area contributed by atoms with Crippen molar-refractivity contribution in [3.05, 3.63) is 64.7 Å². The summed E-state index contributed by atoms with van der Waals surface area (Å²) in [4.78, 5) is 0. The Morgan fingerprint density at radius 2 is 1.71 bits per heavy atom. The zero-order valence-electron chi connectivity index (χ0n) is 11.4. The third-order valence-corrected chi connectivity index (χ3v) is 3.64. The van der Waals surface area contributed by atoms with Crippen LogP contribution in [0.1, 0.15) is 23.6 Å². The highest BCUT2D eigenvalue weighted by Crippen LogP contribution is 2.34. The molecule has 0 bridgehead atoms. The van der Waals surface area contributed by atoms with Crippen LogP contribution in [0.3, 0.4) is 0 Å². The van der Waals surface area contributed by atoms with Crippen LogP contribution in [0.5, 0.6) is 0 Å². The summed E-state index contributed by atoms with van der Waals surface area (Å²) in [7, 11) is 0. The number of anilines is 1. The first-order valence-corrected chi connectivity index (χ1v) is 6.88. The van der Waals surface area contributed by atoms with E-state index >= 15 is 0 Å². The summed E-state index contributed by atoms with van der Waals surface area (Å²) >= 11 is 6.01. The normalized spacial score (nSPS) is 13.0. The van der Waals surface area contributed by atoms with Crippen molar-refractivity contribution in [2.45, 2.75) is 25.6 Å². The predicted molar refractivity (Wildman–Crippen MR) is 79.7 cm³/mol. The maximum absolute atomic E-state index is 12.8. The molecule has 1 atom stereocenters. The van der Waals surface area contributed by atoms with Crippen molar-refractivity contribution in [1.29, 1.82) is 0 Å². The molecule has 0 spiro atoms. The third-order valence-electron chi connectivity index (χ3n) is 3.23. The summed E-state index contributed by atoms with van der Waals surface area (Å²) in [5.41, 5.74) is 1.94. The summed E-state index contributed by atoms with van der Waals surface area (Å²) in [6, 6.07) is 12.9. The lowest BCUT2D eigenvalue weighted by Gasteiger charge is -2.23. The van der Waals surface area contributed by atoms with E-state index in [2.05, 4.69) is 5.32 Å². The molecule has 1 unspecified atom stereocenters. The molecule has 112 valence electrons. The van der Waals surface area contributed by atoms with Gasteiger partial charge in [-0.2, -0.15) is 13.2 Å². The molecule has 5 heteroatoms. The van der Waals surface area contributed by atoms with Gasteiger partial charge in [-0.25, -0.2) is 0 Å². The van der Waals surface area contributed by atoms with Gasteiger partial charge in [0, 0.05) is 10.7 Å². The highest BCUT2D eigenvalue weighted by atomic mass is 35.5. The molecule has 0 aliphatic rings. The summed E-state index contributed by atoms with van der Waals surface area (Å²) in [6.07, 6.45) is -5.19. The molecule has 21 heavy (non-hydrogen) atoms. The van der Waals surface area contributed by atoms with Crippen LogP contribution in [-0.2, 0) is 0 Å². The van der Waals surface area contributed by atoms with E-state index in [1.807, 2.05) is 0 Å². The predicted octanol–water partition coefficient (Wildman–Crippen LogP) is 5.75. The van der Waals surface area contributed by atoms with E-state index in [9.17, 15) is 13.2 Å². The molecule has 0 fully saturated rings. The Morgan fingerprint density at radius 3 is 2.33 bits per heavy atom. The highest BCUT2D eigenvalue weighted by Gasteiger charge is 2.32. The standard InChI is InChI=1S/C16H15ClF3N/c1-11-13(17)8-5-9-14(11)21-15(10-16(18,19)20)12-6-3-2-4-7-12/h2-9,15,21H,10H2,1H3. The van der Waals surface area contributed by atoms with Gasteiger partial charge in [-0.05, 0) is 30.2 Å². The Hall–Kier alpha value is -1.68. The largest absolute Gasteiger partial charge is 0.391 e. The number of nitrogens with one attached hydrogen (secondary N) is 1. The lowest BCUT2D eigenvalue weighted by molar-refractivity contribution is -0.137. The fourth-order valence-electron chi connectivity index (χ4n) is 2.12. The van der Waals surface area contributed by atoms with Gasteiger partial charge < -0.3 is 5.32 Å².